The highest BCUT2D eigenvalue weighted by Gasteiger charge is 2.12. The lowest BCUT2D eigenvalue weighted by Gasteiger charge is -2.06. The molecule has 0 spiro atoms. The van der Waals surface area contributed by atoms with Gasteiger partial charge in [0, 0.05) is 6.54 Å². The zero-order chi connectivity index (χ0) is 15.9. The summed E-state index contributed by atoms with van der Waals surface area (Å²) in [5, 5.41) is 2.93. The Morgan fingerprint density at radius 2 is 2.09 bits per heavy atom. The van der Waals surface area contributed by atoms with Crippen molar-refractivity contribution in [3.05, 3.63) is 57.8 Å². The summed E-state index contributed by atoms with van der Waals surface area (Å²) in [6.07, 6.45) is 1.82. The van der Waals surface area contributed by atoms with E-state index in [1.165, 1.54) is 18.3 Å². The van der Waals surface area contributed by atoms with Crippen molar-refractivity contribution in [3.8, 4) is 0 Å². The predicted octanol–water partition coefficient (Wildman–Crippen LogP) is 1.74. The van der Waals surface area contributed by atoms with Gasteiger partial charge in [-0.25, -0.2) is 14.2 Å². The van der Waals surface area contributed by atoms with Crippen molar-refractivity contribution in [2.24, 2.45) is 0 Å². The molecule has 0 saturated carbocycles. The Morgan fingerprint density at radius 1 is 1.36 bits per heavy atom. The van der Waals surface area contributed by atoms with Crippen LogP contribution >= 0.6 is 0 Å². The molecule has 1 aromatic carbocycles. The summed E-state index contributed by atoms with van der Waals surface area (Å²) in [6.45, 7) is 2.36. The van der Waals surface area contributed by atoms with Crippen LogP contribution in [-0.4, -0.2) is 29.1 Å². The summed E-state index contributed by atoms with van der Waals surface area (Å²) >= 11 is 0. The van der Waals surface area contributed by atoms with Gasteiger partial charge in [0.05, 0.1) is 12.8 Å². The Labute approximate surface area is 126 Å². The van der Waals surface area contributed by atoms with Crippen LogP contribution in [0, 0.1) is 5.82 Å². The summed E-state index contributed by atoms with van der Waals surface area (Å²) in [5.74, 6) is -0.716. The first-order valence-electron chi connectivity index (χ1n) is 6.85. The first-order chi connectivity index (χ1) is 10.6. The van der Waals surface area contributed by atoms with Crippen molar-refractivity contribution >= 4 is 11.9 Å². The average molecular weight is 305 g/mol. The van der Waals surface area contributed by atoms with Crippen molar-refractivity contribution in [2.75, 3.05) is 18.5 Å². The fraction of sp³-hybridized carbons (Fsp3) is 0.267. The van der Waals surface area contributed by atoms with Crippen molar-refractivity contribution in [2.45, 2.75) is 13.3 Å². The first-order valence-corrected chi connectivity index (χ1v) is 6.85. The van der Waals surface area contributed by atoms with Crippen LogP contribution in [-0.2, 0) is 11.2 Å². The maximum atomic E-state index is 12.8. The van der Waals surface area contributed by atoms with Crippen molar-refractivity contribution in [3.63, 3.8) is 0 Å². The van der Waals surface area contributed by atoms with Gasteiger partial charge in [0.15, 0.2) is 0 Å². The number of carbonyl (C=O) groups is 1. The minimum Gasteiger partial charge on any atom is -0.462 e. The second-order valence-electron chi connectivity index (χ2n) is 4.50. The number of hydrogen-bond acceptors (Lipinski definition) is 5. The number of nitrogens with one attached hydrogen (secondary N) is 2. The number of hydrogen-bond donors (Lipinski definition) is 2. The van der Waals surface area contributed by atoms with Gasteiger partial charge in [0.2, 0.25) is 5.95 Å². The molecule has 2 aromatic rings. The van der Waals surface area contributed by atoms with Gasteiger partial charge in [-0.05, 0) is 31.0 Å². The Morgan fingerprint density at radius 3 is 2.73 bits per heavy atom. The molecule has 0 fully saturated rings. The van der Waals surface area contributed by atoms with Crippen molar-refractivity contribution in [1.82, 2.24) is 9.97 Å². The van der Waals surface area contributed by atoms with Crippen LogP contribution in [0.2, 0.25) is 0 Å². The van der Waals surface area contributed by atoms with Crippen LogP contribution in [0.5, 0.6) is 0 Å². The third-order valence-electron chi connectivity index (χ3n) is 2.91. The normalized spacial score (nSPS) is 10.3. The average Bonchev–Trinajstić information content (AvgIpc) is 2.49. The molecular weight excluding hydrogens is 289 g/mol. The number of benzene rings is 1. The van der Waals surface area contributed by atoms with Gasteiger partial charge in [0.25, 0.3) is 5.56 Å². The topological polar surface area (TPSA) is 84.1 Å². The molecule has 7 heteroatoms. The number of ether oxygens (including phenoxy) is 1. The molecule has 0 unspecified atom stereocenters. The largest absolute Gasteiger partial charge is 0.462 e. The fourth-order valence-electron chi connectivity index (χ4n) is 1.82. The van der Waals surface area contributed by atoms with E-state index in [0.717, 1.165) is 5.56 Å². The molecule has 0 saturated heterocycles. The highest BCUT2D eigenvalue weighted by atomic mass is 19.1. The van der Waals surface area contributed by atoms with Gasteiger partial charge in [-0.15, -0.1) is 0 Å². The molecule has 1 heterocycles. The fourth-order valence-corrected chi connectivity index (χ4v) is 1.82. The minimum atomic E-state index is -0.700. The maximum Gasteiger partial charge on any atom is 0.345 e. The van der Waals surface area contributed by atoms with E-state index < -0.39 is 11.5 Å². The highest BCUT2D eigenvalue weighted by Crippen LogP contribution is 2.04. The molecular formula is C15H16FN3O3. The number of carbonyl (C=O) groups excluding carboxylic acids is 1. The number of H-pyrrole nitrogens is 1. The Bertz CT molecular complexity index is 698. The molecule has 0 aliphatic heterocycles. The zero-order valence-corrected chi connectivity index (χ0v) is 12.1. The second kappa shape index (κ2) is 7.35. The van der Waals surface area contributed by atoms with Crippen molar-refractivity contribution in [1.29, 1.82) is 0 Å². The van der Waals surface area contributed by atoms with Crippen LogP contribution in [0.15, 0.2) is 35.3 Å². The standard InChI is InChI=1S/C15H16FN3O3/c1-2-22-14(21)12-9-18-15(19-13(12)20)17-8-7-10-3-5-11(16)6-4-10/h3-6,9H,2,7-8H2,1H3,(H2,17,18,19,20). The van der Waals surface area contributed by atoms with E-state index in [9.17, 15) is 14.0 Å². The van der Waals surface area contributed by atoms with E-state index in [2.05, 4.69) is 15.3 Å². The van der Waals surface area contributed by atoms with E-state index in [4.69, 9.17) is 4.74 Å². The van der Waals surface area contributed by atoms with E-state index in [0.29, 0.717) is 13.0 Å². The summed E-state index contributed by atoms with van der Waals surface area (Å²) in [4.78, 5) is 29.7. The predicted molar refractivity (Wildman–Crippen MR) is 79.4 cm³/mol. The molecule has 6 nitrogen and oxygen atoms in total. The SMILES string of the molecule is CCOC(=O)c1cnc(NCCc2ccc(F)cc2)[nH]c1=O. The van der Waals surface area contributed by atoms with Gasteiger partial charge in [-0.2, -0.15) is 0 Å². The molecule has 22 heavy (non-hydrogen) atoms. The monoisotopic (exact) mass is 305 g/mol. The number of anilines is 1. The summed E-state index contributed by atoms with van der Waals surface area (Å²) in [7, 11) is 0. The molecule has 2 rings (SSSR count). The number of esters is 1. The molecule has 1 aromatic heterocycles. The van der Waals surface area contributed by atoms with Crippen LogP contribution in [0.4, 0.5) is 10.3 Å². The molecule has 0 bridgehead atoms. The van der Waals surface area contributed by atoms with Gasteiger partial charge < -0.3 is 10.1 Å². The Hall–Kier alpha value is -2.70. The lowest BCUT2D eigenvalue weighted by atomic mass is 10.1. The number of aromatic amines is 1. The van der Waals surface area contributed by atoms with Crippen LogP contribution < -0.4 is 10.9 Å². The van der Waals surface area contributed by atoms with E-state index in [-0.39, 0.29) is 23.9 Å². The van der Waals surface area contributed by atoms with Gasteiger partial charge in [-0.3, -0.25) is 9.78 Å². The quantitative estimate of drug-likeness (QED) is 0.794. The summed E-state index contributed by atoms with van der Waals surface area (Å²) < 4.78 is 17.5. The number of aromatic nitrogens is 2. The minimum absolute atomic E-state index is 0.133. The first kappa shape index (κ1) is 15.7. The molecule has 0 aliphatic carbocycles. The molecule has 2 N–H and O–H groups in total. The lowest BCUT2D eigenvalue weighted by molar-refractivity contribution is 0.0524. The number of nitrogens with zero attached hydrogens (tertiary/aromatic N) is 1. The van der Waals surface area contributed by atoms with E-state index >= 15 is 0 Å². The molecule has 0 radical (unpaired) electrons. The lowest BCUT2D eigenvalue weighted by Crippen LogP contribution is -2.22. The van der Waals surface area contributed by atoms with Crippen LogP contribution in [0.3, 0.4) is 0 Å². The number of halogens is 1. The molecule has 116 valence electrons. The van der Waals surface area contributed by atoms with Crippen LogP contribution in [0.1, 0.15) is 22.8 Å². The maximum absolute atomic E-state index is 12.8. The molecule has 0 aliphatic rings. The van der Waals surface area contributed by atoms with Crippen molar-refractivity contribution < 1.29 is 13.9 Å². The van der Waals surface area contributed by atoms with Gasteiger partial charge >= 0.3 is 5.97 Å². The summed E-state index contributed by atoms with van der Waals surface area (Å²) in [6, 6.07) is 6.17. The highest BCUT2D eigenvalue weighted by molar-refractivity contribution is 5.88. The second-order valence-corrected chi connectivity index (χ2v) is 4.50. The Balaban J connectivity index is 1.93. The zero-order valence-electron chi connectivity index (χ0n) is 12.1. The number of rotatable bonds is 6. The third-order valence-corrected chi connectivity index (χ3v) is 2.91. The molecule has 0 amide bonds. The van der Waals surface area contributed by atoms with Gasteiger partial charge in [-0.1, -0.05) is 12.1 Å². The smallest absolute Gasteiger partial charge is 0.345 e. The molecule has 0 atom stereocenters. The Kier molecular flexibility index (Phi) is 5.24. The van der Waals surface area contributed by atoms with Gasteiger partial charge in [0.1, 0.15) is 11.4 Å². The van der Waals surface area contributed by atoms with Crippen LogP contribution in [0.25, 0.3) is 0 Å². The summed E-state index contributed by atoms with van der Waals surface area (Å²) in [5.41, 5.74) is 0.267. The van der Waals surface area contributed by atoms with E-state index in [1.807, 2.05) is 0 Å². The third kappa shape index (κ3) is 4.15. The van der Waals surface area contributed by atoms with E-state index in [1.54, 1.807) is 19.1 Å².